The maximum atomic E-state index is 13.2. The number of nitrogens with zero attached hydrogens (tertiary/aromatic N) is 5. The van der Waals surface area contributed by atoms with Crippen molar-refractivity contribution in [1.29, 1.82) is 0 Å². The van der Waals surface area contributed by atoms with E-state index in [1.54, 1.807) is 24.8 Å². The molecule has 1 amide bonds. The summed E-state index contributed by atoms with van der Waals surface area (Å²) >= 11 is 0. The molecule has 4 heterocycles. The zero-order valence-corrected chi connectivity index (χ0v) is 22.6. The van der Waals surface area contributed by atoms with Gasteiger partial charge in [-0.05, 0) is 83.0 Å². The summed E-state index contributed by atoms with van der Waals surface area (Å²) < 4.78 is 0. The van der Waals surface area contributed by atoms with Crippen LogP contribution in [0.3, 0.4) is 0 Å². The molecule has 2 aromatic heterocycles. The minimum absolute atomic E-state index is 0.190. The molecular weight excluding hydrogens is 462 g/mol. The highest BCUT2D eigenvalue weighted by Gasteiger charge is 2.28. The summed E-state index contributed by atoms with van der Waals surface area (Å²) in [6.45, 7) is 7.30. The number of amides is 1. The van der Waals surface area contributed by atoms with E-state index in [2.05, 4.69) is 29.7 Å². The maximum absolute atomic E-state index is 13.2. The van der Waals surface area contributed by atoms with Gasteiger partial charge in [0, 0.05) is 43.8 Å². The molecule has 0 unspecified atom stereocenters. The molecule has 1 saturated carbocycles. The molecule has 5 rings (SSSR count). The van der Waals surface area contributed by atoms with E-state index in [1.165, 1.54) is 96.9 Å². The fourth-order valence-corrected chi connectivity index (χ4v) is 6.79. The Morgan fingerprint density at radius 3 is 1.97 bits per heavy atom. The van der Waals surface area contributed by atoms with E-state index >= 15 is 0 Å². The van der Waals surface area contributed by atoms with Crippen molar-refractivity contribution in [3.05, 3.63) is 36.4 Å². The van der Waals surface area contributed by atoms with E-state index in [0.717, 1.165) is 30.0 Å². The third-order valence-electron chi connectivity index (χ3n) is 9.12. The predicted molar refractivity (Wildman–Crippen MR) is 146 cm³/mol. The lowest BCUT2D eigenvalue weighted by Crippen LogP contribution is -2.44. The number of rotatable bonds is 10. The summed E-state index contributed by atoms with van der Waals surface area (Å²) in [4.78, 5) is 35.4. The molecule has 37 heavy (non-hydrogen) atoms. The van der Waals surface area contributed by atoms with E-state index < -0.39 is 0 Å². The van der Waals surface area contributed by atoms with Crippen LogP contribution in [-0.4, -0.2) is 79.3 Å². The molecule has 2 N–H and O–H groups in total. The topological polar surface area (TPSA) is 84.2 Å². The van der Waals surface area contributed by atoms with Gasteiger partial charge in [0.15, 0.2) is 0 Å². The third-order valence-corrected chi connectivity index (χ3v) is 9.12. The Bertz CT molecular complexity index is 855. The summed E-state index contributed by atoms with van der Waals surface area (Å²) in [7, 11) is 0. The van der Waals surface area contributed by atoms with Crippen LogP contribution in [0.2, 0.25) is 0 Å². The van der Waals surface area contributed by atoms with Gasteiger partial charge < -0.3 is 24.7 Å². The molecule has 0 radical (unpaired) electrons. The highest BCUT2D eigenvalue weighted by molar-refractivity contribution is 5.76. The van der Waals surface area contributed by atoms with Crippen molar-refractivity contribution in [2.75, 3.05) is 32.7 Å². The normalized spacial score (nSPS) is 21.7. The number of imidazole rings is 2. The number of H-pyrrole nitrogens is 2. The van der Waals surface area contributed by atoms with Crippen LogP contribution in [0, 0.1) is 11.8 Å². The highest BCUT2D eigenvalue weighted by Crippen LogP contribution is 2.29. The molecule has 0 aromatic carbocycles. The zero-order chi connectivity index (χ0) is 25.3. The number of carbonyl (C=O) groups is 1. The van der Waals surface area contributed by atoms with Crippen LogP contribution in [0.15, 0.2) is 24.8 Å². The number of piperidine rings is 2. The van der Waals surface area contributed by atoms with Gasteiger partial charge in [-0.25, -0.2) is 9.97 Å². The lowest BCUT2D eigenvalue weighted by atomic mass is 9.89. The monoisotopic (exact) mass is 509 g/mol. The lowest BCUT2D eigenvalue weighted by Gasteiger charge is -2.40. The van der Waals surface area contributed by atoms with Gasteiger partial charge in [-0.3, -0.25) is 4.79 Å². The van der Waals surface area contributed by atoms with Crippen LogP contribution < -0.4 is 0 Å². The minimum atomic E-state index is 0.190. The van der Waals surface area contributed by atoms with Crippen molar-refractivity contribution < 1.29 is 4.79 Å². The number of hydrogen-bond donors (Lipinski definition) is 2. The fourth-order valence-electron chi connectivity index (χ4n) is 6.79. The zero-order valence-electron chi connectivity index (χ0n) is 22.6. The van der Waals surface area contributed by atoms with Gasteiger partial charge in [0.1, 0.15) is 11.6 Å². The molecule has 0 bridgehead atoms. The van der Waals surface area contributed by atoms with Crippen LogP contribution in [-0.2, 0) is 17.9 Å². The Kier molecular flexibility index (Phi) is 9.68. The Morgan fingerprint density at radius 2 is 1.41 bits per heavy atom. The van der Waals surface area contributed by atoms with Gasteiger partial charge >= 0.3 is 0 Å². The Labute approximate surface area is 222 Å². The van der Waals surface area contributed by atoms with E-state index in [-0.39, 0.29) is 5.91 Å². The van der Waals surface area contributed by atoms with Crippen molar-refractivity contribution >= 4 is 5.91 Å². The second-order valence-corrected chi connectivity index (χ2v) is 11.7. The first-order chi connectivity index (χ1) is 18.2. The second kappa shape index (κ2) is 13.6. The van der Waals surface area contributed by atoms with Gasteiger partial charge in [0.25, 0.3) is 0 Å². The summed E-state index contributed by atoms with van der Waals surface area (Å²) in [6, 6.07) is 0.871. The van der Waals surface area contributed by atoms with Gasteiger partial charge in [0.05, 0.1) is 13.1 Å². The molecule has 0 spiro atoms. The molecule has 8 heteroatoms. The van der Waals surface area contributed by atoms with Gasteiger partial charge in [-0.15, -0.1) is 0 Å². The molecular formula is C29H47N7O. The van der Waals surface area contributed by atoms with E-state index in [1.807, 2.05) is 4.90 Å². The summed E-state index contributed by atoms with van der Waals surface area (Å²) in [5.74, 6) is 3.35. The second-order valence-electron chi connectivity index (χ2n) is 11.7. The molecule has 3 aliphatic rings. The van der Waals surface area contributed by atoms with Crippen LogP contribution >= 0.6 is 0 Å². The average molecular weight is 510 g/mol. The van der Waals surface area contributed by atoms with Crippen LogP contribution in [0.1, 0.15) is 88.7 Å². The molecule has 2 aliphatic heterocycles. The largest absolute Gasteiger partial charge is 0.347 e. The molecule has 2 aromatic rings. The van der Waals surface area contributed by atoms with E-state index in [4.69, 9.17) is 0 Å². The number of nitrogens with one attached hydrogen (secondary N) is 2. The smallest absolute Gasteiger partial charge is 0.223 e. The highest BCUT2D eigenvalue weighted by atomic mass is 16.2. The quantitative estimate of drug-likeness (QED) is 0.458. The van der Waals surface area contributed by atoms with Crippen LogP contribution in [0.5, 0.6) is 0 Å². The van der Waals surface area contributed by atoms with Crippen molar-refractivity contribution in [2.24, 2.45) is 11.8 Å². The molecule has 8 nitrogen and oxygen atoms in total. The summed E-state index contributed by atoms with van der Waals surface area (Å²) in [5.41, 5.74) is 0. The van der Waals surface area contributed by atoms with E-state index in [9.17, 15) is 4.79 Å². The first-order valence-electron chi connectivity index (χ1n) is 14.9. The Balaban J connectivity index is 1.01. The standard InChI is InChI=1S/C29H47N7O/c37-29(36(22-27-30-13-14-31-27)23-28-32-15-16-33-28)8-7-24-9-17-34(18-10-24)21-25-11-19-35(20-12-25)26-5-3-1-2-4-6-26/h13-16,24-26H,1-12,17-23H2,(H,30,31)(H,32,33). The molecule has 204 valence electrons. The first-order valence-corrected chi connectivity index (χ1v) is 14.9. The Morgan fingerprint density at radius 1 is 0.811 bits per heavy atom. The van der Waals surface area contributed by atoms with Crippen molar-refractivity contribution in [1.82, 2.24) is 34.6 Å². The number of likely N-dealkylation sites (tertiary alicyclic amines) is 2. The maximum Gasteiger partial charge on any atom is 0.223 e. The summed E-state index contributed by atoms with van der Waals surface area (Å²) in [6.07, 6.45) is 22.5. The van der Waals surface area contributed by atoms with Gasteiger partial charge in [0.2, 0.25) is 5.91 Å². The number of aromatic amines is 2. The van der Waals surface area contributed by atoms with Gasteiger partial charge in [-0.1, -0.05) is 25.7 Å². The average Bonchev–Trinajstić information content (AvgIpc) is 3.57. The fraction of sp³-hybridized carbons (Fsp3) is 0.759. The van der Waals surface area contributed by atoms with Crippen LogP contribution in [0.4, 0.5) is 0 Å². The van der Waals surface area contributed by atoms with Gasteiger partial charge in [-0.2, -0.15) is 0 Å². The van der Waals surface area contributed by atoms with E-state index in [0.29, 0.717) is 25.4 Å². The number of hydrogen-bond acceptors (Lipinski definition) is 5. The van der Waals surface area contributed by atoms with Crippen molar-refractivity contribution in [3.8, 4) is 0 Å². The lowest BCUT2D eigenvalue weighted by molar-refractivity contribution is -0.133. The molecule has 1 aliphatic carbocycles. The third kappa shape index (κ3) is 7.90. The predicted octanol–water partition coefficient (Wildman–Crippen LogP) is 4.59. The molecule has 2 saturated heterocycles. The molecule has 0 atom stereocenters. The SMILES string of the molecule is O=C(CCC1CCN(CC2CCN(C3CCCCCC3)CC2)CC1)N(Cc1ncc[nH]1)Cc1ncc[nH]1. The van der Waals surface area contributed by atoms with Crippen molar-refractivity contribution in [2.45, 2.75) is 96.2 Å². The Hall–Kier alpha value is -2.19. The molecule has 3 fully saturated rings. The number of aromatic nitrogens is 4. The van der Waals surface area contributed by atoms with Crippen molar-refractivity contribution in [3.63, 3.8) is 0 Å². The minimum Gasteiger partial charge on any atom is -0.347 e. The number of carbonyl (C=O) groups excluding carboxylic acids is 1. The first kappa shape index (κ1) is 26.4. The summed E-state index contributed by atoms with van der Waals surface area (Å²) in [5, 5.41) is 0. The van der Waals surface area contributed by atoms with Crippen LogP contribution in [0.25, 0.3) is 0 Å².